The van der Waals surface area contributed by atoms with E-state index in [1.807, 2.05) is 4.90 Å². The number of rotatable bonds is 65. The minimum atomic E-state index is 0.0448. The van der Waals surface area contributed by atoms with Crippen LogP contribution in [0.1, 0.15) is 304 Å². The Kier molecular flexibility index (Phi) is 69.8. The van der Waals surface area contributed by atoms with Gasteiger partial charge in [-0.05, 0) is 32.2 Å². The van der Waals surface area contributed by atoms with Crippen LogP contribution in [0.4, 0.5) is 0 Å². The van der Waals surface area contributed by atoms with Gasteiger partial charge in [-0.3, -0.25) is 24.2 Å². The van der Waals surface area contributed by atoms with Crippen LogP contribution in [-0.4, -0.2) is 159 Å². The average molecular weight is 1140 g/mol. The number of hydrogen-bond donors (Lipinski definition) is 7. The molecule has 0 aromatic heterocycles. The van der Waals surface area contributed by atoms with Crippen molar-refractivity contribution in [3.8, 4) is 0 Å². The number of aliphatic hydroxyl groups is 3. The van der Waals surface area contributed by atoms with Crippen LogP contribution >= 0.6 is 0 Å². The van der Waals surface area contributed by atoms with Gasteiger partial charge in [0.25, 0.3) is 0 Å². The van der Waals surface area contributed by atoms with Gasteiger partial charge in [0.15, 0.2) is 0 Å². The minimum Gasteiger partial charge on any atom is -0.395 e. The fourth-order valence-corrected chi connectivity index (χ4v) is 10.5. The van der Waals surface area contributed by atoms with Crippen molar-refractivity contribution >= 4 is 17.7 Å². The summed E-state index contributed by atoms with van der Waals surface area (Å²) in [4.78, 5) is 43.5. The van der Waals surface area contributed by atoms with Gasteiger partial charge in [0.1, 0.15) is 0 Å². The highest BCUT2D eigenvalue weighted by molar-refractivity contribution is 5.77. The Morgan fingerprint density at radius 1 is 0.250 bits per heavy atom. The standard InChI is InChI=1S/C42H86N4O4.C25H53N3O2/c1-3-5-7-9-11-13-15-17-19-21-23-25-27-31-43-41(49)29-33-45(35-36-46(37-39-47)38-40-48)34-30-42(50)44-32-28-26-24-22-20-18-16-14-12-10-8-6-4-2;1-3-5-6-7-8-9-10-11-12-13-14-15-16-18-27-25(30)17-19-26-20-22-28(21-4-2)23-24-29/h47-48H,3-40H2,1-2H3,(H,43,49)(H,44,50);26,29H,3-24H2,1-2H3,(H,27,30). The van der Waals surface area contributed by atoms with E-state index in [9.17, 15) is 24.6 Å². The highest BCUT2D eigenvalue weighted by atomic mass is 16.3. The van der Waals surface area contributed by atoms with Crippen LogP contribution in [0.25, 0.3) is 0 Å². The van der Waals surface area contributed by atoms with Crippen LogP contribution in [0.15, 0.2) is 0 Å². The van der Waals surface area contributed by atoms with Gasteiger partial charge in [0, 0.05) is 104 Å². The molecule has 0 heterocycles. The summed E-state index contributed by atoms with van der Waals surface area (Å²) >= 11 is 0. The van der Waals surface area contributed by atoms with E-state index in [0.717, 1.165) is 78.0 Å². The number of aliphatic hydroxyl groups excluding tert-OH is 3. The molecular formula is C67H139N7O6. The molecule has 0 rings (SSSR count). The molecule has 13 nitrogen and oxygen atoms in total. The van der Waals surface area contributed by atoms with Gasteiger partial charge in [-0.15, -0.1) is 0 Å². The maximum Gasteiger partial charge on any atom is 0.221 e. The molecule has 0 spiro atoms. The molecule has 0 atom stereocenters. The Balaban J connectivity index is 0. The van der Waals surface area contributed by atoms with Gasteiger partial charge in [-0.1, -0.05) is 259 Å². The van der Waals surface area contributed by atoms with Crippen LogP contribution in [0.3, 0.4) is 0 Å². The minimum absolute atomic E-state index is 0.0448. The number of carbonyl (C=O) groups excluding carboxylic acids is 3. The second-order valence-corrected chi connectivity index (χ2v) is 23.5. The zero-order valence-electron chi connectivity index (χ0n) is 53.8. The molecule has 0 aliphatic heterocycles. The first-order chi connectivity index (χ1) is 39.3. The van der Waals surface area contributed by atoms with Crippen molar-refractivity contribution in [2.75, 3.05) is 111 Å². The summed E-state index contributed by atoms with van der Waals surface area (Å²) in [5, 5.41) is 40.4. The quantitative estimate of drug-likeness (QED) is 0.0291. The number of hydrogen-bond acceptors (Lipinski definition) is 10. The first-order valence-corrected chi connectivity index (χ1v) is 34.8. The first-order valence-electron chi connectivity index (χ1n) is 34.8. The Bertz CT molecular complexity index is 1180. The maximum absolute atomic E-state index is 12.6. The van der Waals surface area contributed by atoms with Crippen molar-refractivity contribution in [2.24, 2.45) is 0 Å². The number of unbranched alkanes of at least 4 members (excludes halogenated alkanes) is 36. The maximum atomic E-state index is 12.6. The first kappa shape index (κ1) is 80.2. The van der Waals surface area contributed by atoms with E-state index in [-0.39, 0.29) is 37.5 Å². The molecule has 13 heteroatoms. The third-order valence-electron chi connectivity index (χ3n) is 15.8. The second kappa shape index (κ2) is 69.6. The second-order valence-electron chi connectivity index (χ2n) is 23.5. The molecule has 478 valence electrons. The van der Waals surface area contributed by atoms with Gasteiger partial charge < -0.3 is 41.5 Å². The SMILES string of the molecule is CCCCCCCCCCCCCCCNC(=O)CCN(CCC(=O)NCCCCCCCCCCCCCCC)CCN(CCO)CCO.CCCCCCCCCCCCCCCNC(=O)CCNCCN(CCC)CCO. The summed E-state index contributed by atoms with van der Waals surface area (Å²) in [7, 11) is 0. The van der Waals surface area contributed by atoms with Gasteiger partial charge in [-0.25, -0.2) is 0 Å². The number of nitrogens with one attached hydrogen (secondary N) is 4. The summed E-state index contributed by atoms with van der Waals surface area (Å²) in [5.41, 5.74) is 0. The molecule has 0 radical (unpaired) electrons. The van der Waals surface area contributed by atoms with Crippen molar-refractivity contribution in [3.63, 3.8) is 0 Å². The lowest BCUT2D eigenvalue weighted by Crippen LogP contribution is -2.41. The normalized spacial score (nSPS) is 11.5. The fraction of sp³-hybridized carbons (Fsp3) is 0.955. The topological polar surface area (TPSA) is 170 Å². The molecule has 0 aliphatic carbocycles. The van der Waals surface area contributed by atoms with Crippen molar-refractivity contribution in [1.82, 2.24) is 36.0 Å². The van der Waals surface area contributed by atoms with Crippen LogP contribution in [0.2, 0.25) is 0 Å². The molecule has 3 amide bonds. The summed E-state index contributed by atoms with van der Waals surface area (Å²) in [6.45, 7) is 19.4. The van der Waals surface area contributed by atoms with E-state index in [1.165, 1.54) is 231 Å². The third kappa shape index (κ3) is 65.3. The van der Waals surface area contributed by atoms with Crippen LogP contribution in [0.5, 0.6) is 0 Å². The zero-order valence-corrected chi connectivity index (χ0v) is 53.8. The summed E-state index contributed by atoms with van der Waals surface area (Å²) in [5.74, 6) is 0.300. The Morgan fingerprint density at radius 3 is 0.775 bits per heavy atom. The van der Waals surface area contributed by atoms with Crippen molar-refractivity contribution < 1.29 is 29.7 Å². The zero-order chi connectivity index (χ0) is 58.7. The largest absolute Gasteiger partial charge is 0.395 e. The molecule has 0 fully saturated rings. The van der Waals surface area contributed by atoms with E-state index in [4.69, 9.17) is 5.11 Å². The highest BCUT2D eigenvalue weighted by Crippen LogP contribution is 2.15. The van der Waals surface area contributed by atoms with Crippen molar-refractivity contribution in [2.45, 2.75) is 304 Å². The average Bonchev–Trinajstić information content (AvgIpc) is 3.45. The molecular weight excluding hydrogens is 999 g/mol. The monoisotopic (exact) mass is 1140 g/mol. The van der Waals surface area contributed by atoms with Crippen LogP contribution < -0.4 is 21.3 Å². The smallest absolute Gasteiger partial charge is 0.221 e. The van der Waals surface area contributed by atoms with Gasteiger partial charge in [0.05, 0.1) is 19.8 Å². The lowest BCUT2D eigenvalue weighted by atomic mass is 10.0. The lowest BCUT2D eigenvalue weighted by molar-refractivity contribution is -0.122. The molecule has 0 saturated heterocycles. The molecule has 0 aliphatic rings. The van der Waals surface area contributed by atoms with E-state index in [0.29, 0.717) is 58.5 Å². The summed E-state index contributed by atoms with van der Waals surface area (Å²) in [6.07, 6.45) is 54.4. The fourth-order valence-electron chi connectivity index (χ4n) is 10.5. The van der Waals surface area contributed by atoms with Crippen molar-refractivity contribution in [1.29, 1.82) is 0 Å². The number of amides is 3. The number of nitrogens with zero attached hydrogens (tertiary/aromatic N) is 3. The summed E-state index contributed by atoms with van der Waals surface area (Å²) < 4.78 is 0. The van der Waals surface area contributed by atoms with E-state index in [1.54, 1.807) is 0 Å². The predicted molar refractivity (Wildman–Crippen MR) is 344 cm³/mol. The lowest BCUT2D eigenvalue weighted by Gasteiger charge is -2.26. The Morgan fingerprint density at radius 2 is 0.500 bits per heavy atom. The molecule has 0 saturated carbocycles. The van der Waals surface area contributed by atoms with Gasteiger partial charge in [0.2, 0.25) is 17.7 Å². The highest BCUT2D eigenvalue weighted by Gasteiger charge is 2.14. The predicted octanol–water partition coefficient (Wildman–Crippen LogP) is 13.6. The molecule has 0 aromatic rings. The van der Waals surface area contributed by atoms with E-state index < -0.39 is 0 Å². The molecule has 7 N–H and O–H groups in total. The van der Waals surface area contributed by atoms with Crippen LogP contribution in [-0.2, 0) is 14.4 Å². The molecule has 80 heavy (non-hydrogen) atoms. The molecule has 0 unspecified atom stereocenters. The summed E-state index contributed by atoms with van der Waals surface area (Å²) in [6, 6.07) is 0. The van der Waals surface area contributed by atoms with E-state index >= 15 is 0 Å². The van der Waals surface area contributed by atoms with Crippen LogP contribution in [0, 0.1) is 0 Å². The van der Waals surface area contributed by atoms with Gasteiger partial charge >= 0.3 is 0 Å². The number of carbonyl (C=O) groups is 3. The Labute approximate surface area is 496 Å². The van der Waals surface area contributed by atoms with E-state index in [2.05, 4.69) is 58.8 Å². The van der Waals surface area contributed by atoms with Crippen molar-refractivity contribution in [3.05, 3.63) is 0 Å². The Hall–Kier alpha value is -1.87. The molecule has 0 bridgehead atoms. The molecule has 0 aromatic carbocycles. The van der Waals surface area contributed by atoms with Gasteiger partial charge in [-0.2, -0.15) is 0 Å². The third-order valence-corrected chi connectivity index (χ3v) is 15.8.